The zero-order valence-corrected chi connectivity index (χ0v) is 19.2. The molecule has 0 aliphatic carbocycles. The molecule has 2 aromatic carbocycles. The number of carbonyl (C=O) groups is 2. The molecule has 1 fully saturated rings. The van der Waals surface area contributed by atoms with Crippen LogP contribution in [0.25, 0.3) is 16.4 Å². The lowest BCUT2D eigenvalue weighted by Crippen LogP contribution is -2.28. The first-order chi connectivity index (χ1) is 16.0. The molecule has 1 aliphatic heterocycles. The largest absolute Gasteiger partial charge is 0.312 e. The van der Waals surface area contributed by atoms with E-state index in [4.69, 9.17) is 4.98 Å². The maximum Gasteiger partial charge on any atom is 0.230 e. The van der Waals surface area contributed by atoms with Crippen LogP contribution < -0.4 is 10.2 Å². The first-order valence-corrected chi connectivity index (χ1v) is 11.6. The Balaban J connectivity index is 1.34. The highest BCUT2D eigenvalue weighted by Gasteiger charge is 2.35. The van der Waals surface area contributed by atoms with E-state index in [1.165, 1.54) is 16.9 Å². The van der Waals surface area contributed by atoms with Crippen molar-refractivity contribution in [2.45, 2.75) is 20.3 Å². The zero-order valence-electron chi connectivity index (χ0n) is 18.4. The van der Waals surface area contributed by atoms with E-state index in [1.54, 1.807) is 9.58 Å². The van der Waals surface area contributed by atoms with Crippen LogP contribution in [-0.4, -0.2) is 33.1 Å². The quantitative estimate of drug-likeness (QED) is 0.475. The van der Waals surface area contributed by atoms with Crippen LogP contribution >= 0.6 is 11.3 Å². The number of hydrogen-bond donors (Lipinski definition) is 1. The van der Waals surface area contributed by atoms with Gasteiger partial charge in [0.2, 0.25) is 16.9 Å². The molecule has 8 heteroatoms. The topological polar surface area (TPSA) is 80.1 Å². The van der Waals surface area contributed by atoms with Crippen molar-refractivity contribution in [2.75, 3.05) is 16.8 Å². The first-order valence-electron chi connectivity index (χ1n) is 10.7. The lowest BCUT2D eigenvalue weighted by Gasteiger charge is -2.16. The van der Waals surface area contributed by atoms with Crippen molar-refractivity contribution in [1.29, 1.82) is 0 Å². The third kappa shape index (κ3) is 4.29. The second-order valence-electron chi connectivity index (χ2n) is 8.19. The predicted octanol–water partition coefficient (Wildman–Crippen LogP) is 4.60. The maximum atomic E-state index is 13.0. The number of benzene rings is 2. The number of amides is 2. The summed E-state index contributed by atoms with van der Waals surface area (Å²) in [6.45, 7) is 4.28. The summed E-state index contributed by atoms with van der Waals surface area (Å²) in [5, 5.41) is 10.2. The van der Waals surface area contributed by atoms with Crippen molar-refractivity contribution >= 4 is 34.7 Å². The summed E-state index contributed by atoms with van der Waals surface area (Å²) in [6, 6.07) is 19.4. The van der Waals surface area contributed by atoms with Gasteiger partial charge in [-0.1, -0.05) is 48.0 Å². The zero-order chi connectivity index (χ0) is 22.9. The molecule has 0 radical (unpaired) electrons. The summed E-state index contributed by atoms with van der Waals surface area (Å²) >= 11 is 1.46. The van der Waals surface area contributed by atoms with Crippen molar-refractivity contribution in [1.82, 2.24) is 14.8 Å². The maximum absolute atomic E-state index is 13.0. The molecule has 1 saturated heterocycles. The second kappa shape index (κ2) is 8.63. The van der Waals surface area contributed by atoms with Gasteiger partial charge in [0.1, 0.15) is 5.82 Å². The van der Waals surface area contributed by atoms with E-state index in [0.29, 0.717) is 17.5 Å². The van der Waals surface area contributed by atoms with Crippen LogP contribution in [-0.2, 0) is 9.59 Å². The van der Waals surface area contributed by atoms with E-state index in [-0.39, 0.29) is 18.2 Å². The van der Waals surface area contributed by atoms with E-state index >= 15 is 0 Å². The Labute approximate surface area is 195 Å². The third-order valence-electron chi connectivity index (χ3n) is 5.67. The summed E-state index contributed by atoms with van der Waals surface area (Å²) in [5.41, 5.74) is 4.66. The van der Waals surface area contributed by atoms with Gasteiger partial charge < -0.3 is 10.2 Å². The molecule has 1 N–H and O–H groups in total. The SMILES string of the molecule is Cc1ccc(-c2csc(-n3nc(C)cc3NC(=O)C3CC(=O)N(c4ccccc4)C3)n2)cc1. The number of carbonyl (C=O) groups excluding carboxylic acids is 2. The van der Waals surface area contributed by atoms with Gasteiger partial charge in [-0.15, -0.1) is 11.3 Å². The van der Waals surface area contributed by atoms with Crippen molar-refractivity contribution in [2.24, 2.45) is 5.92 Å². The number of aromatic nitrogens is 3. The van der Waals surface area contributed by atoms with E-state index in [1.807, 2.05) is 60.8 Å². The Kier molecular flexibility index (Phi) is 5.51. The average Bonchev–Trinajstić information content (AvgIpc) is 3.53. The highest BCUT2D eigenvalue weighted by Crippen LogP contribution is 2.29. The van der Waals surface area contributed by atoms with Gasteiger partial charge in [0.05, 0.1) is 17.3 Å². The molecule has 7 nitrogen and oxygen atoms in total. The Hall–Kier alpha value is -3.78. The smallest absolute Gasteiger partial charge is 0.230 e. The summed E-state index contributed by atoms with van der Waals surface area (Å²) in [5.74, 6) is -0.124. The van der Waals surface area contributed by atoms with Gasteiger partial charge in [-0.25, -0.2) is 4.98 Å². The first kappa shape index (κ1) is 21.1. The van der Waals surface area contributed by atoms with Crippen molar-refractivity contribution < 1.29 is 9.59 Å². The number of nitrogens with one attached hydrogen (secondary N) is 1. The molecule has 4 aromatic rings. The fourth-order valence-corrected chi connectivity index (χ4v) is 4.72. The van der Waals surface area contributed by atoms with Crippen LogP contribution in [0.3, 0.4) is 0 Å². The molecule has 166 valence electrons. The molecule has 33 heavy (non-hydrogen) atoms. The molecule has 0 saturated carbocycles. The Morgan fingerprint density at radius 3 is 2.61 bits per heavy atom. The van der Waals surface area contributed by atoms with E-state index in [2.05, 4.69) is 29.5 Å². The molecule has 1 aliphatic rings. The normalized spacial score (nSPS) is 15.8. The molecule has 2 amide bonds. The number of nitrogens with zero attached hydrogens (tertiary/aromatic N) is 4. The Morgan fingerprint density at radius 1 is 1.09 bits per heavy atom. The van der Waals surface area contributed by atoms with Crippen LogP contribution in [0, 0.1) is 19.8 Å². The van der Waals surface area contributed by atoms with E-state index in [0.717, 1.165) is 22.6 Å². The van der Waals surface area contributed by atoms with Gasteiger partial charge in [0.25, 0.3) is 0 Å². The highest BCUT2D eigenvalue weighted by atomic mass is 32.1. The molecule has 2 aromatic heterocycles. The highest BCUT2D eigenvalue weighted by molar-refractivity contribution is 7.12. The fraction of sp³-hybridized carbons (Fsp3) is 0.200. The second-order valence-corrected chi connectivity index (χ2v) is 9.03. The van der Waals surface area contributed by atoms with E-state index < -0.39 is 5.92 Å². The summed E-state index contributed by atoms with van der Waals surface area (Å²) in [7, 11) is 0. The van der Waals surface area contributed by atoms with Crippen LogP contribution in [0.15, 0.2) is 66.0 Å². The van der Waals surface area contributed by atoms with Crippen LogP contribution in [0.4, 0.5) is 11.5 Å². The number of aryl methyl sites for hydroxylation is 2. The van der Waals surface area contributed by atoms with Gasteiger partial charge in [-0.2, -0.15) is 9.78 Å². The Morgan fingerprint density at radius 2 is 1.85 bits per heavy atom. The van der Waals surface area contributed by atoms with Crippen molar-refractivity contribution in [3.05, 3.63) is 77.3 Å². The van der Waals surface area contributed by atoms with Gasteiger partial charge in [-0.3, -0.25) is 9.59 Å². The van der Waals surface area contributed by atoms with Crippen molar-refractivity contribution in [3.63, 3.8) is 0 Å². The number of rotatable bonds is 5. The molecule has 0 spiro atoms. The minimum atomic E-state index is -0.430. The van der Waals surface area contributed by atoms with Crippen LogP contribution in [0.1, 0.15) is 17.7 Å². The molecule has 3 heterocycles. The monoisotopic (exact) mass is 457 g/mol. The molecule has 0 bridgehead atoms. The van der Waals surface area contributed by atoms with E-state index in [9.17, 15) is 9.59 Å². The van der Waals surface area contributed by atoms with Gasteiger partial charge in [-0.05, 0) is 26.0 Å². The van der Waals surface area contributed by atoms with Gasteiger partial charge in [0, 0.05) is 35.7 Å². The minimum absolute atomic E-state index is 0.0475. The predicted molar refractivity (Wildman–Crippen MR) is 130 cm³/mol. The summed E-state index contributed by atoms with van der Waals surface area (Å²) in [4.78, 5) is 31.9. The molecule has 1 atom stereocenters. The Bertz CT molecular complexity index is 1310. The van der Waals surface area contributed by atoms with Crippen molar-refractivity contribution in [3.8, 4) is 16.4 Å². The molecular formula is C25H23N5O2S. The number of para-hydroxylation sites is 1. The van der Waals surface area contributed by atoms with Gasteiger partial charge in [0.15, 0.2) is 0 Å². The lowest BCUT2D eigenvalue weighted by atomic mass is 10.1. The molecule has 1 unspecified atom stereocenters. The third-order valence-corrected chi connectivity index (χ3v) is 6.48. The number of thiazole rings is 1. The summed E-state index contributed by atoms with van der Waals surface area (Å²) in [6.07, 6.45) is 0.183. The number of hydrogen-bond acceptors (Lipinski definition) is 5. The molecule has 5 rings (SSSR count). The van der Waals surface area contributed by atoms with Crippen LogP contribution in [0.2, 0.25) is 0 Å². The van der Waals surface area contributed by atoms with Crippen LogP contribution in [0.5, 0.6) is 0 Å². The standard InChI is InChI=1S/C25H23N5O2S/c1-16-8-10-18(11-9-16)21-15-33-25(26-21)30-22(12-17(2)28-30)27-24(32)19-13-23(31)29(14-19)20-6-4-3-5-7-20/h3-12,15,19H,13-14H2,1-2H3,(H,27,32). The molecular weight excluding hydrogens is 434 g/mol. The number of anilines is 2. The minimum Gasteiger partial charge on any atom is -0.312 e. The lowest BCUT2D eigenvalue weighted by molar-refractivity contribution is -0.122. The summed E-state index contributed by atoms with van der Waals surface area (Å²) < 4.78 is 1.65. The fourth-order valence-electron chi connectivity index (χ4n) is 3.92. The van der Waals surface area contributed by atoms with Gasteiger partial charge >= 0.3 is 0 Å². The average molecular weight is 458 g/mol.